The molecule has 4 rings (SSSR count). The number of nitrogens with zero attached hydrogens (tertiary/aromatic N) is 5. The first kappa shape index (κ1) is 19.2. The minimum absolute atomic E-state index is 0.147. The molecule has 0 aliphatic heterocycles. The zero-order valence-corrected chi connectivity index (χ0v) is 16.8. The van der Waals surface area contributed by atoms with Gasteiger partial charge >= 0.3 is 0 Å². The minimum Gasteiger partial charge on any atom is -0.495 e. The molecule has 10 heteroatoms. The first-order valence-electron chi connectivity index (χ1n) is 8.53. The lowest BCUT2D eigenvalue weighted by molar-refractivity contribution is -0.113. The Balaban J connectivity index is 1.52. The van der Waals surface area contributed by atoms with Crippen molar-refractivity contribution in [1.82, 2.24) is 25.0 Å². The van der Waals surface area contributed by atoms with Gasteiger partial charge in [-0.25, -0.2) is 9.97 Å². The summed E-state index contributed by atoms with van der Waals surface area (Å²) in [6.07, 6.45) is 1.42. The number of anilines is 1. The summed E-state index contributed by atoms with van der Waals surface area (Å²) >= 11 is 7.32. The number of aromatic nitrogens is 5. The Morgan fingerprint density at radius 3 is 2.90 bits per heavy atom. The van der Waals surface area contributed by atoms with Crippen LogP contribution >= 0.6 is 23.4 Å². The van der Waals surface area contributed by atoms with Crippen LogP contribution in [0.1, 0.15) is 0 Å². The molecule has 2 aromatic heterocycles. The molecule has 0 spiro atoms. The molecule has 0 fully saturated rings. The third-order valence-electron chi connectivity index (χ3n) is 3.98. The van der Waals surface area contributed by atoms with Gasteiger partial charge in [0.15, 0.2) is 11.2 Å². The number of amides is 1. The van der Waals surface area contributed by atoms with Crippen LogP contribution < -0.4 is 10.1 Å². The van der Waals surface area contributed by atoms with Crippen molar-refractivity contribution < 1.29 is 9.53 Å². The number of thioether (sulfide) groups is 1. The highest BCUT2D eigenvalue weighted by Crippen LogP contribution is 2.26. The van der Waals surface area contributed by atoms with Crippen LogP contribution in [0.4, 0.5) is 5.69 Å². The molecule has 0 unspecified atom stereocenters. The molecule has 8 nitrogen and oxygen atoms in total. The highest BCUT2D eigenvalue weighted by atomic mass is 35.5. The monoisotopic (exact) mass is 426 g/mol. The highest BCUT2D eigenvalue weighted by molar-refractivity contribution is 8.00. The van der Waals surface area contributed by atoms with Crippen LogP contribution in [-0.2, 0) is 4.79 Å². The van der Waals surface area contributed by atoms with E-state index in [0.717, 1.165) is 5.69 Å². The lowest BCUT2D eigenvalue weighted by Crippen LogP contribution is -2.14. The van der Waals surface area contributed by atoms with E-state index >= 15 is 0 Å². The van der Waals surface area contributed by atoms with Gasteiger partial charge < -0.3 is 10.1 Å². The summed E-state index contributed by atoms with van der Waals surface area (Å²) in [6.45, 7) is 0. The standard InChI is InChI=1S/C19H15ClN6O2S/c1-28-15-8-3-2-7-14(15)23-16(27)10-29-19-17-18(21-11-22-19)26(25-24-17)13-6-4-5-12(20)9-13/h2-9,11H,10H2,1H3,(H,23,27). The predicted octanol–water partition coefficient (Wildman–Crippen LogP) is 3.60. The van der Waals surface area contributed by atoms with Crippen LogP contribution in [0, 0.1) is 0 Å². The van der Waals surface area contributed by atoms with E-state index in [1.54, 1.807) is 36.1 Å². The Kier molecular flexibility index (Phi) is 5.59. The number of ether oxygens (including phenoxy) is 1. The van der Waals surface area contributed by atoms with E-state index in [2.05, 4.69) is 25.6 Å². The second-order valence-electron chi connectivity index (χ2n) is 5.87. The maximum absolute atomic E-state index is 12.4. The molecule has 0 atom stereocenters. The summed E-state index contributed by atoms with van der Waals surface area (Å²) in [4.78, 5) is 20.9. The third kappa shape index (κ3) is 4.15. The van der Waals surface area contributed by atoms with Gasteiger partial charge in [0.05, 0.1) is 24.2 Å². The average Bonchev–Trinajstić information content (AvgIpc) is 3.17. The van der Waals surface area contributed by atoms with Gasteiger partial charge in [0, 0.05) is 5.02 Å². The van der Waals surface area contributed by atoms with Gasteiger partial charge in [-0.15, -0.1) is 5.10 Å². The highest BCUT2D eigenvalue weighted by Gasteiger charge is 2.15. The molecule has 4 aromatic rings. The molecule has 0 saturated heterocycles. The van der Waals surface area contributed by atoms with E-state index in [1.807, 2.05) is 24.3 Å². The van der Waals surface area contributed by atoms with Crippen molar-refractivity contribution in [3.8, 4) is 11.4 Å². The fraction of sp³-hybridized carbons (Fsp3) is 0.105. The topological polar surface area (TPSA) is 94.8 Å². The molecule has 0 saturated carbocycles. The van der Waals surface area contributed by atoms with Crippen LogP contribution in [0.5, 0.6) is 5.75 Å². The molecule has 2 aromatic carbocycles. The molecule has 0 radical (unpaired) electrons. The van der Waals surface area contributed by atoms with Crippen molar-refractivity contribution in [1.29, 1.82) is 0 Å². The summed E-state index contributed by atoms with van der Waals surface area (Å²) in [7, 11) is 1.56. The number of benzene rings is 2. The van der Waals surface area contributed by atoms with Gasteiger partial charge in [0.2, 0.25) is 5.91 Å². The van der Waals surface area contributed by atoms with Crippen molar-refractivity contribution in [2.75, 3.05) is 18.2 Å². The largest absolute Gasteiger partial charge is 0.495 e. The fourth-order valence-corrected chi connectivity index (χ4v) is 3.60. The normalized spacial score (nSPS) is 10.8. The Bertz CT molecular complexity index is 1180. The summed E-state index contributed by atoms with van der Waals surface area (Å²) < 4.78 is 6.83. The fourth-order valence-electron chi connectivity index (χ4n) is 2.68. The van der Waals surface area contributed by atoms with Gasteiger partial charge in [-0.1, -0.05) is 46.8 Å². The SMILES string of the molecule is COc1ccccc1NC(=O)CSc1ncnc2c1nnn2-c1cccc(Cl)c1. The van der Waals surface area contributed by atoms with E-state index in [0.29, 0.717) is 32.6 Å². The van der Waals surface area contributed by atoms with Crippen LogP contribution in [-0.4, -0.2) is 43.7 Å². The number of methoxy groups -OCH3 is 1. The number of carbonyl (C=O) groups is 1. The Morgan fingerprint density at radius 2 is 2.07 bits per heavy atom. The maximum atomic E-state index is 12.4. The van der Waals surface area contributed by atoms with Crippen LogP contribution in [0.2, 0.25) is 5.02 Å². The molecule has 0 aliphatic carbocycles. The van der Waals surface area contributed by atoms with E-state index in [1.165, 1.54) is 18.1 Å². The van der Waals surface area contributed by atoms with Crippen LogP contribution in [0.15, 0.2) is 59.9 Å². The number of fused-ring (bicyclic) bond motifs is 1. The first-order valence-corrected chi connectivity index (χ1v) is 9.90. The summed E-state index contributed by atoms with van der Waals surface area (Å²) in [6, 6.07) is 14.5. The minimum atomic E-state index is -0.187. The zero-order chi connectivity index (χ0) is 20.2. The van der Waals surface area contributed by atoms with Crippen LogP contribution in [0.3, 0.4) is 0 Å². The Hall–Kier alpha value is -3.17. The third-order valence-corrected chi connectivity index (χ3v) is 5.19. The van der Waals surface area contributed by atoms with E-state index < -0.39 is 0 Å². The Labute approximate surface area is 175 Å². The van der Waals surface area contributed by atoms with Gasteiger partial charge in [-0.05, 0) is 30.3 Å². The number of nitrogens with one attached hydrogen (secondary N) is 1. The first-order chi connectivity index (χ1) is 14.2. The number of halogens is 1. The summed E-state index contributed by atoms with van der Waals surface area (Å²) in [5.74, 6) is 0.557. The van der Waals surface area contributed by atoms with Crippen LogP contribution in [0.25, 0.3) is 16.9 Å². The summed E-state index contributed by atoms with van der Waals surface area (Å²) in [5.41, 5.74) is 2.40. The molecule has 146 valence electrons. The van der Waals surface area contributed by atoms with Gasteiger partial charge in [-0.2, -0.15) is 4.68 Å². The quantitative estimate of drug-likeness (QED) is 0.371. The number of para-hydroxylation sites is 2. The molecular weight excluding hydrogens is 412 g/mol. The number of carbonyl (C=O) groups excluding carboxylic acids is 1. The number of hydrogen-bond donors (Lipinski definition) is 1. The maximum Gasteiger partial charge on any atom is 0.234 e. The zero-order valence-electron chi connectivity index (χ0n) is 15.2. The van der Waals surface area contributed by atoms with E-state index in [-0.39, 0.29) is 11.7 Å². The predicted molar refractivity (Wildman–Crippen MR) is 112 cm³/mol. The number of hydrogen-bond acceptors (Lipinski definition) is 7. The molecule has 1 amide bonds. The smallest absolute Gasteiger partial charge is 0.234 e. The molecule has 2 heterocycles. The molecular formula is C19H15ClN6O2S. The van der Waals surface area contributed by atoms with Gasteiger partial charge in [0.25, 0.3) is 0 Å². The van der Waals surface area contributed by atoms with E-state index in [9.17, 15) is 4.79 Å². The second kappa shape index (κ2) is 8.46. The van der Waals surface area contributed by atoms with Gasteiger partial charge in [-0.3, -0.25) is 4.79 Å². The van der Waals surface area contributed by atoms with Crippen molar-refractivity contribution in [2.24, 2.45) is 0 Å². The van der Waals surface area contributed by atoms with Crippen molar-refractivity contribution in [3.05, 3.63) is 59.9 Å². The Morgan fingerprint density at radius 1 is 1.21 bits per heavy atom. The van der Waals surface area contributed by atoms with Crippen molar-refractivity contribution in [3.63, 3.8) is 0 Å². The number of rotatable bonds is 6. The molecule has 0 bridgehead atoms. The van der Waals surface area contributed by atoms with Crippen molar-refractivity contribution >= 4 is 46.1 Å². The molecule has 29 heavy (non-hydrogen) atoms. The lowest BCUT2D eigenvalue weighted by Gasteiger charge is -2.09. The summed E-state index contributed by atoms with van der Waals surface area (Å²) in [5, 5.41) is 12.3. The second-order valence-corrected chi connectivity index (χ2v) is 7.27. The molecule has 1 N–H and O–H groups in total. The molecule has 0 aliphatic rings. The average molecular weight is 427 g/mol. The lowest BCUT2D eigenvalue weighted by atomic mass is 10.3. The van der Waals surface area contributed by atoms with Gasteiger partial charge in [0.1, 0.15) is 17.1 Å². The van der Waals surface area contributed by atoms with Crippen molar-refractivity contribution in [2.45, 2.75) is 5.03 Å². The van der Waals surface area contributed by atoms with E-state index in [4.69, 9.17) is 16.3 Å².